The lowest BCUT2D eigenvalue weighted by atomic mass is 10.0. The Labute approximate surface area is 144 Å². The minimum Gasteiger partial charge on any atom is -0.480 e. The topological polar surface area (TPSA) is 184 Å². The molecular weight excluding hydrogens is 334 g/mol. The molecule has 0 fully saturated rings. The van der Waals surface area contributed by atoms with Gasteiger partial charge in [0.1, 0.15) is 6.04 Å². The lowest BCUT2D eigenvalue weighted by molar-refractivity contribution is -0.141. The Morgan fingerprint density at radius 3 is 2.40 bits per heavy atom. The number of hydrogen-bond donors (Lipinski definition) is 6. The van der Waals surface area contributed by atoms with Gasteiger partial charge >= 0.3 is 12.0 Å². The van der Waals surface area contributed by atoms with Crippen molar-refractivity contribution in [1.82, 2.24) is 20.8 Å². The maximum atomic E-state index is 12.0. The molecule has 0 spiro atoms. The van der Waals surface area contributed by atoms with E-state index in [2.05, 4.69) is 20.8 Å². The van der Waals surface area contributed by atoms with Gasteiger partial charge in [0.25, 0.3) is 0 Å². The van der Waals surface area contributed by atoms with Gasteiger partial charge in [-0.2, -0.15) is 4.98 Å². The summed E-state index contributed by atoms with van der Waals surface area (Å²) in [7, 11) is 0. The highest BCUT2D eigenvalue weighted by molar-refractivity contribution is 5.83. The molecule has 142 valence electrons. The number of carboxylic acid groups (broad SMARTS) is 1. The first-order valence-corrected chi connectivity index (χ1v) is 7.85. The average Bonchev–Trinajstić information content (AvgIpc) is 2.99. The number of carbonyl (C=O) groups is 2. The number of amides is 2. The van der Waals surface area contributed by atoms with E-state index in [0.29, 0.717) is 0 Å². The van der Waals surface area contributed by atoms with Crippen LogP contribution in [0.15, 0.2) is 4.52 Å². The largest absolute Gasteiger partial charge is 0.480 e. The van der Waals surface area contributed by atoms with E-state index in [0.717, 1.165) is 0 Å². The summed E-state index contributed by atoms with van der Waals surface area (Å²) < 4.78 is 5.13. The normalized spacial score (nSPS) is 16.1. The number of aliphatic hydroxyl groups excluding tert-OH is 2. The molecule has 0 bridgehead atoms. The van der Waals surface area contributed by atoms with Gasteiger partial charge in [0.15, 0.2) is 11.9 Å². The van der Waals surface area contributed by atoms with E-state index in [1.54, 1.807) is 13.8 Å². The summed E-state index contributed by atoms with van der Waals surface area (Å²) in [5, 5.41) is 35.7. The molecule has 7 N–H and O–H groups in total. The van der Waals surface area contributed by atoms with E-state index >= 15 is 0 Å². The van der Waals surface area contributed by atoms with Crippen LogP contribution in [0.5, 0.6) is 0 Å². The van der Waals surface area contributed by atoms with Crippen LogP contribution in [0.25, 0.3) is 0 Å². The van der Waals surface area contributed by atoms with Crippen molar-refractivity contribution in [2.24, 2.45) is 11.7 Å². The van der Waals surface area contributed by atoms with Crippen LogP contribution < -0.4 is 16.4 Å². The smallest absolute Gasteiger partial charge is 0.328 e. The van der Waals surface area contributed by atoms with Gasteiger partial charge in [-0.1, -0.05) is 19.0 Å². The van der Waals surface area contributed by atoms with Crippen LogP contribution in [0.3, 0.4) is 0 Å². The van der Waals surface area contributed by atoms with Crippen LogP contribution in [-0.2, 0) is 4.79 Å². The first-order chi connectivity index (χ1) is 11.7. The first kappa shape index (κ1) is 20.8. The number of nitrogens with one attached hydrogen (secondary N) is 2. The van der Waals surface area contributed by atoms with Crippen LogP contribution in [0.4, 0.5) is 4.79 Å². The average molecular weight is 359 g/mol. The lowest BCUT2D eigenvalue weighted by Gasteiger charge is -2.22. The molecule has 0 aromatic carbocycles. The van der Waals surface area contributed by atoms with Crippen LogP contribution in [-0.4, -0.2) is 56.2 Å². The highest BCUT2D eigenvalue weighted by Crippen LogP contribution is 2.21. The zero-order valence-corrected chi connectivity index (χ0v) is 14.3. The van der Waals surface area contributed by atoms with Gasteiger partial charge in [0.05, 0.1) is 12.1 Å². The summed E-state index contributed by atoms with van der Waals surface area (Å²) in [6.07, 6.45) is -1.01. The van der Waals surface area contributed by atoms with Crippen molar-refractivity contribution < 1.29 is 29.4 Å². The first-order valence-electron chi connectivity index (χ1n) is 7.85. The molecule has 4 atom stereocenters. The number of aliphatic hydroxyl groups is 2. The second kappa shape index (κ2) is 9.30. The summed E-state index contributed by atoms with van der Waals surface area (Å²) in [5.74, 6) is -1.20. The van der Waals surface area contributed by atoms with E-state index in [-0.39, 0.29) is 30.7 Å². The van der Waals surface area contributed by atoms with Gasteiger partial charge in [-0.05, 0) is 19.3 Å². The third kappa shape index (κ3) is 5.96. The molecule has 0 saturated heterocycles. The van der Waals surface area contributed by atoms with E-state index in [1.165, 1.54) is 6.92 Å². The maximum Gasteiger partial charge on any atom is 0.328 e. The molecule has 0 aliphatic rings. The molecule has 1 aromatic rings. The summed E-state index contributed by atoms with van der Waals surface area (Å²) >= 11 is 0. The van der Waals surface area contributed by atoms with Crippen LogP contribution in [0, 0.1) is 5.92 Å². The molecule has 1 unspecified atom stereocenters. The summed E-state index contributed by atoms with van der Waals surface area (Å²) in [5.41, 5.74) is 5.79. The summed E-state index contributed by atoms with van der Waals surface area (Å²) in [6.45, 7) is 4.72. The minimum atomic E-state index is -1.45. The minimum absolute atomic E-state index is 0.109. The van der Waals surface area contributed by atoms with Crippen molar-refractivity contribution in [2.45, 2.75) is 51.4 Å². The fourth-order valence-electron chi connectivity index (χ4n) is 2.02. The molecule has 11 nitrogen and oxygen atoms in total. The molecule has 0 aliphatic carbocycles. The number of nitrogens with zero attached hydrogens (tertiary/aromatic N) is 2. The highest BCUT2D eigenvalue weighted by Gasteiger charge is 2.29. The molecule has 1 aromatic heterocycles. The molecule has 0 aliphatic heterocycles. The van der Waals surface area contributed by atoms with E-state index in [4.69, 9.17) is 20.5 Å². The third-order valence-electron chi connectivity index (χ3n) is 3.48. The quantitative estimate of drug-likeness (QED) is 0.331. The number of urea groups is 1. The zero-order valence-electron chi connectivity index (χ0n) is 14.3. The Hall–Kier alpha value is -2.24. The summed E-state index contributed by atoms with van der Waals surface area (Å²) in [6, 6.07) is -3.54. The highest BCUT2D eigenvalue weighted by atomic mass is 16.5. The van der Waals surface area contributed by atoms with Gasteiger partial charge < -0.3 is 36.2 Å². The Morgan fingerprint density at radius 2 is 1.92 bits per heavy atom. The molecule has 0 radical (unpaired) electrons. The van der Waals surface area contributed by atoms with Crippen LogP contribution in [0.2, 0.25) is 0 Å². The predicted molar refractivity (Wildman–Crippen MR) is 85.3 cm³/mol. The molecule has 25 heavy (non-hydrogen) atoms. The maximum absolute atomic E-state index is 12.0. The number of aromatic nitrogens is 2. The fraction of sp³-hybridized carbons (Fsp3) is 0.714. The van der Waals surface area contributed by atoms with Crippen LogP contribution >= 0.6 is 0 Å². The number of nitrogens with two attached hydrogens (primary N) is 1. The van der Waals surface area contributed by atoms with Gasteiger partial charge in [-0.15, -0.1) is 0 Å². The van der Waals surface area contributed by atoms with Gasteiger partial charge in [-0.25, -0.2) is 9.59 Å². The van der Waals surface area contributed by atoms with Gasteiger partial charge in [-0.3, -0.25) is 0 Å². The molecular formula is C14H25N5O6. The van der Waals surface area contributed by atoms with Gasteiger partial charge in [0.2, 0.25) is 5.89 Å². The second-order valence-electron chi connectivity index (χ2n) is 6.01. The SMILES string of the molecule is CC(O)[C@H](NC(=O)N[C@H](c1nc([C@@H](N)CCO)no1)C(C)C)C(=O)O. The number of hydrogen-bond acceptors (Lipinski definition) is 8. The van der Waals surface area contributed by atoms with E-state index in [9.17, 15) is 14.7 Å². The van der Waals surface area contributed by atoms with E-state index in [1.807, 2.05) is 0 Å². The number of carboxylic acids is 1. The van der Waals surface area contributed by atoms with Crippen molar-refractivity contribution >= 4 is 12.0 Å². The molecule has 11 heteroatoms. The molecule has 1 rings (SSSR count). The number of rotatable bonds is 9. The molecule has 0 saturated carbocycles. The number of aliphatic carboxylic acids is 1. The Kier molecular flexibility index (Phi) is 7.74. The van der Waals surface area contributed by atoms with Crippen molar-refractivity contribution in [3.63, 3.8) is 0 Å². The monoisotopic (exact) mass is 359 g/mol. The lowest BCUT2D eigenvalue weighted by Crippen LogP contribution is -2.52. The zero-order chi connectivity index (χ0) is 19.1. The number of carbonyl (C=O) groups excluding carboxylic acids is 1. The van der Waals surface area contributed by atoms with Crippen molar-refractivity contribution in [1.29, 1.82) is 0 Å². The third-order valence-corrected chi connectivity index (χ3v) is 3.48. The van der Waals surface area contributed by atoms with Crippen molar-refractivity contribution in [3.05, 3.63) is 11.7 Å². The van der Waals surface area contributed by atoms with Gasteiger partial charge in [0, 0.05) is 6.61 Å². The molecule has 1 heterocycles. The second-order valence-corrected chi connectivity index (χ2v) is 6.01. The summed E-state index contributed by atoms with van der Waals surface area (Å²) in [4.78, 5) is 27.2. The standard InChI is InChI=1S/C14H25N5O6/c1-6(2)9(12-18-11(19-25-12)8(15)4-5-20)16-14(24)17-10(7(3)21)13(22)23/h6-10,20-21H,4-5,15H2,1-3H3,(H,22,23)(H2,16,17,24)/t7?,8-,9-,10-/m0/s1. The van der Waals surface area contributed by atoms with Crippen molar-refractivity contribution in [2.75, 3.05) is 6.61 Å². The van der Waals surface area contributed by atoms with Crippen LogP contribution in [0.1, 0.15) is 51.0 Å². The van der Waals surface area contributed by atoms with Crippen molar-refractivity contribution in [3.8, 4) is 0 Å². The fourth-order valence-corrected chi connectivity index (χ4v) is 2.02. The Balaban J connectivity index is 2.84. The Morgan fingerprint density at radius 1 is 1.28 bits per heavy atom. The molecule has 2 amide bonds. The van der Waals surface area contributed by atoms with E-state index < -0.39 is 36.2 Å². The Bertz CT molecular complexity index is 576. The predicted octanol–water partition coefficient (Wildman–Crippen LogP) is -0.718.